The molecule has 148 valence electrons. The predicted molar refractivity (Wildman–Crippen MR) is 111 cm³/mol. The summed E-state index contributed by atoms with van der Waals surface area (Å²) in [7, 11) is 0. The van der Waals surface area contributed by atoms with E-state index in [2.05, 4.69) is 19.0 Å². The molecule has 5 heteroatoms. The quantitative estimate of drug-likeness (QED) is 0.486. The lowest BCUT2D eigenvalue weighted by molar-refractivity contribution is -0.121. The van der Waals surface area contributed by atoms with Gasteiger partial charge in [0.05, 0.1) is 5.71 Å². The Morgan fingerprint density at radius 2 is 1.81 bits per heavy atom. The second-order valence-corrected chi connectivity index (χ2v) is 7.66. The number of Topliss-reactive ketones (excluding diaryl/α,β-unsaturated/α-hetero) is 1. The highest BCUT2D eigenvalue weighted by molar-refractivity contribution is 6.32. The van der Waals surface area contributed by atoms with Gasteiger partial charge in [0, 0.05) is 17.4 Å². The van der Waals surface area contributed by atoms with Gasteiger partial charge in [0.15, 0.2) is 0 Å². The maximum atomic E-state index is 12.9. The summed E-state index contributed by atoms with van der Waals surface area (Å²) >= 11 is 6.66. The van der Waals surface area contributed by atoms with Crippen molar-refractivity contribution >= 4 is 23.1 Å². The van der Waals surface area contributed by atoms with Gasteiger partial charge in [-0.1, -0.05) is 30.1 Å². The van der Waals surface area contributed by atoms with Crippen molar-refractivity contribution < 1.29 is 14.7 Å². The van der Waals surface area contributed by atoms with Crippen LogP contribution in [-0.2, 0) is 9.63 Å². The van der Waals surface area contributed by atoms with E-state index in [9.17, 15) is 9.90 Å². The molecule has 0 fully saturated rings. The number of oxime groups is 1. The number of ketones is 1. The number of rotatable bonds is 6. The van der Waals surface area contributed by atoms with Gasteiger partial charge in [-0.25, -0.2) is 0 Å². The van der Waals surface area contributed by atoms with Crippen LogP contribution in [0.15, 0.2) is 17.0 Å². The largest absolute Gasteiger partial charge is 0.511 e. The molecule has 0 radical (unpaired) electrons. The Morgan fingerprint density at radius 1 is 1.19 bits per heavy atom. The third kappa shape index (κ3) is 4.21. The second kappa shape index (κ2) is 8.92. The molecular weight excluding hydrogens is 362 g/mol. The molecule has 1 aliphatic rings. The number of hydrogen-bond donors (Lipinski definition) is 1. The van der Waals surface area contributed by atoms with E-state index in [4.69, 9.17) is 16.4 Å². The number of allylic oxidation sites excluding steroid dienone is 2. The molecule has 27 heavy (non-hydrogen) atoms. The summed E-state index contributed by atoms with van der Waals surface area (Å²) < 4.78 is 0. The Balaban J connectivity index is 2.49. The SMILES string of the molecule is CCCC(=NOCC)C1C(=O)CC(c2c(C)c(C)c(C)c(C)c2Cl)C=C1O. The minimum absolute atomic E-state index is 0.0433. The number of aliphatic hydroxyl groups is 1. The van der Waals surface area contributed by atoms with Crippen LogP contribution < -0.4 is 0 Å². The highest BCUT2D eigenvalue weighted by atomic mass is 35.5. The molecule has 1 N–H and O–H groups in total. The zero-order valence-corrected chi connectivity index (χ0v) is 17.9. The van der Waals surface area contributed by atoms with Crippen LogP contribution in [0.1, 0.15) is 66.8 Å². The van der Waals surface area contributed by atoms with Crippen LogP contribution in [0, 0.1) is 33.6 Å². The fourth-order valence-corrected chi connectivity index (χ4v) is 4.21. The molecule has 2 unspecified atom stereocenters. The minimum Gasteiger partial charge on any atom is -0.511 e. The van der Waals surface area contributed by atoms with Crippen molar-refractivity contribution in [1.82, 2.24) is 0 Å². The van der Waals surface area contributed by atoms with Crippen LogP contribution >= 0.6 is 11.6 Å². The molecule has 2 rings (SSSR count). The molecule has 0 bridgehead atoms. The third-order valence-corrected chi connectivity index (χ3v) is 6.08. The fourth-order valence-electron chi connectivity index (χ4n) is 3.79. The average molecular weight is 392 g/mol. The second-order valence-electron chi connectivity index (χ2n) is 7.28. The van der Waals surface area contributed by atoms with Gasteiger partial charge in [0.1, 0.15) is 24.1 Å². The Hall–Kier alpha value is -1.81. The Labute approximate surface area is 167 Å². The maximum absolute atomic E-state index is 12.9. The average Bonchev–Trinajstić information content (AvgIpc) is 2.62. The van der Waals surface area contributed by atoms with Crippen molar-refractivity contribution in [2.45, 2.75) is 66.7 Å². The van der Waals surface area contributed by atoms with Gasteiger partial charge in [-0.05, 0) is 74.9 Å². The number of nitrogens with zero attached hydrogens (tertiary/aromatic N) is 1. The zero-order valence-electron chi connectivity index (χ0n) is 17.1. The zero-order chi connectivity index (χ0) is 20.3. The summed E-state index contributed by atoms with van der Waals surface area (Å²) in [6.07, 6.45) is 3.51. The smallest absolute Gasteiger partial charge is 0.150 e. The van der Waals surface area contributed by atoms with Crippen molar-refractivity contribution in [2.24, 2.45) is 11.1 Å². The lowest BCUT2D eigenvalue weighted by atomic mass is 9.77. The molecule has 2 atom stereocenters. The van der Waals surface area contributed by atoms with Crippen molar-refractivity contribution in [2.75, 3.05) is 6.61 Å². The lowest BCUT2D eigenvalue weighted by Crippen LogP contribution is -2.31. The van der Waals surface area contributed by atoms with Gasteiger partial charge in [-0.3, -0.25) is 4.79 Å². The summed E-state index contributed by atoms with van der Waals surface area (Å²) in [4.78, 5) is 18.1. The van der Waals surface area contributed by atoms with Gasteiger partial charge in [-0.2, -0.15) is 0 Å². The monoisotopic (exact) mass is 391 g/mol. The van der Waals surface area contributed by atoms with Crippen LogP contribution in [0.4, 0.5) is 0 Å². The molecule has 4 nitrogen and oxygen atoms in total. The summed E-state index contributed by atoms with van der Waals surface area (Å²) in [6.45, 7) is 12.4. The highest BCUT2D eigenvalue weighted by Crippen LogP contribution is 2.41. The van der Waals surface area contributed by atoms with E-state index < -0.39 is 5.92 Å². The molecule has 0 heterocycles. The number of carbonyl (C=O) groups excluding carboxylic acids is 1. The summed E-state index contributed by atoms with van der Waals surface area (Å²) in [5.74, 6) is -0.929. The maximum Gasteiger partial charge on any atom is 0.150 e. The van der Waals surface area contributed by atoms with E-state index in [0.29, 0.717) is 30.2 Å². The van der Waals surface area contributed by atoms with Crippen molar-refractivity contribution in [3.05, 3.63) is 44.7 Å². The van der Waals surface area contributed by atoms with Gasteiger partial charge >= 0.3 is 0 Å². The summed E-state index contributed by atoms with van der Waals surface area (Å²) in [5, 5.41) is 15.5. The third-order valence-electron chi connectivity index (χ3n) is 5.59. The number of hydrogen-bond acceptors (Lipinski definition) is 4. The molecule has 1 aromatic carbocycles. The first kappa shape index (κ1) is 21.5. The van der Waals surface area contributed by atoms with Crippen LogP contribution in [-0.4, -0.2) is 23.2 Å². The molecule has 1 aliphatic carbocycles. The molecule has 0 aliphatic heterocycles. The van der Waals surface area contributed by atoms with E-state index in [1.54, 1.807) is 6.08 Å². The molecule has 1 aromatic rings. The van der Waals surface area contributed by atoms with Crippen LogP contribution in [0.3, 0.4) is 0 Å². The Kier molecular flexibility index (Phi) is 7.10. The minimum atomic E-state index is -0.709. The molecule has 0 amide bonds. The van der Waals surface area contributed by atoms with Crippen molar-refractivity contribution in [1.29, 1.82) is 0 Å². The number of halogens is 1. The molecule has 0 aromatic heterocycles. The lowest BCUT2D eigenvalue weighted by Gasteiger charge is -2.28. The van der Waals surface area contributed by atoms with Crippen LogP contribution in [0.5, 0.6) is 0 Å². The van der Waals surface area contributed by atoms with E-state index in [1.165, 1.54) is 11.1 Å². The van der Waals surface area contributed by atoms with Crippen molar-refractivity contribution in [3.63, 3.8) is 0 Å². The summed E-state index contributed by atoms with van der Waals surface area (Å²) in [5.41, 5.74) is 5.99. The van der Waals surface area contributed by atoms with E-state index in [0.717, 1.165) is 23.1 Å². The number of benzene rings is 1. The van der Waals surface area contributed by atoms with Gasteiger partial charge in [-0.15, -0.1) is 0 Å². The molecule has 0 saturated heterocycles. The van der Waals surface area contributed by atoms with Crippen molar-refractivity contribution in [3.8, 4) is 0 Å². The molecule has 0 spiro atoms. The van der Waals surface area contributed by atoms with E-state index in [-0.39, 0.29) is 17.5 Å². The normalized spacial score (nSPS) is 20.6. The number of aliphatic hydroxyl groups excluding tert-OH is 1. The number of carbonyl (C=O) groups is 1. The predicted octanol–water partition coefficient (Wildman–Crippen LogP) is 5.88. The van der Waals surface area contributed by atoms with Crippen LogP contribution in [0.2, 0.25) is 5.02 Å². The standard InChI is InChI=1S/C22H30ClNO3/c1-7-9-17(24-27-8-2)21-18(25)10-16(11-19(21)26)20-14(5)12(3)13(4)15(6)22(20)23/h10,16,21,25H,7-9,11H2,1-6H3. The van der Waals surface area contributed by atoms with Gasteiger partial charge in [0.2, 0.25) is 0 Å². The Bertz CT molecular complexity index is 766. The first-order valence-electron chi connectivity index (χ1n) is 9.62. The van der Waals surface area contributed by atoms with E-state index in [1.807, 2.05) is 27.7 Å². The highest BCUT2D eigenvalue weighted by Gasteiger charge is 2.36. The van der Waals surface area contributed by atoms with Gasteiger partial charge in [0.25, 0.3) is 0 Å². The Morgan fingerprint density at radius 3 is 2.37 bits per heavy atom. The first-order valence-corrected chi connectivity index (χ1v) is 10.00. The summed E-state index contributed by atoms with van der Waals surface area (Å²) in [6, 6.07) is 0. The van der Waals surface area contributed by atoms with E-state index >= 15 is 0 Å². The molecular formula is C22H30ClNO3. The first-order chi connectivity index (χ1) is 12.7. The fraction of sp³-hybridized carbons (Fsp3) is 0.545. The molecule has 0 saturated carbocycles. The van der Waals surface area contributed by atoms with Crippen LogP contribution in [0.25, 0.3) is 0 Å². The van der Waals surface area contributed by atoms with Gasteiger partial charge < -0.3 is 9.94 Å². The topological polar surface area (TPSA) is 58.9 Å².